The van der Waals surface area contributed by atoms with Crippen LogP contribution in [0.1, 0.15) is 5.56 Å². The van der Waals surface area contributed by atoms with Crippen molar-refractivity contribution in [2.75, 3.05) is 25.6 Å². The molecule has 0 aliphatic carbocycles. The first-order valence-electron chi connectivity index (χ1n) is 9.07. The number of thioether (sulfide) groups is 1. The zero-order valence-corrected chi connectivity index (χ0v) is 19.8. The summed E-state index contributed by atoms with van der Waals surface area (Å²) in [6.07, 6.45) is 1.47. The van der Waals surface area contributed by atoms with Gasteiger partial charge >= 0.3 is 5.97 Å². The van der Waals surface area contributed by atoms with Gasteiger partial charge in [0.25, 0.3) is 17.1 Å². The van der Waals surface area contributed by atoms with E-state index in [2.05, 4.69) is 26.0 Å². The van der Waals surface area contributed by atoms with Crippen LogP contribution in [0.2, 0.25) is 5.02 Å². The number of benzene rings is 2. The van der Waals surface area contributed by atoms with Gasteiger partial charge in [0.15, 0.2) is 6.61 Å². The lowest BCUT2D eigenvalue weighted by molar-refractivity contribution is -0.143. The number of nitrogens with zero attached hydrogens (tertiary/aromatic N) is 1. The standard InChI is InChI=1S/C21H16BrClN2O6S/c1-30-19(27)10-25-20(28)17(32-21(25)29)9-12-8-13(22)6-7-16(12)31-11-18(26)24-15-5-3-2-4-14(15)23/h2-9H,10-11H2,1H3,(H,24,26)/b17-9-. The zero-order valence-electron chi connectivity index (χ0n) is 16.6. The Morgan fingerprint density at radius 1 is 1.22 bits per heavy atom. The number of methoxy groups -OCH3 is 1. The number of imide groups is 1. The van der Waals surface area contributed by atoms with Gasteiger partial charge in [-0.25, -0.2) is 0 Å². The Morgan fingerprint density at radius 3 is 2.69 bits per heavy atom. The Labute approximate surface area is 201 Å². The smallest absolute Gasteiger partial charge is 0.325 e. The first kappa shape index (κ1) is 23.8. The van der Waals surface area contributed by atoms with Crippen molar-refractivity contribution in [3.63, 3.8) is 0 Å². The fourth-order valence-corrected chi connectivity index (χ4v) is 4.02. The summed E-state index contributed by atoms with van der Waals surface area (Å²) in [7, 11) is 1.17. The minimum absolute atomic E-state index is 0.113. The summed E-state index contributed by atoms with van der Waals surface area (Å²) in [5.41, 5.74) is 0.923. The van der Waals surface area contributed by atoms with Crippen LogP contribution in [0.15, 0.2) is 51.8 Å². The number of hydrogen-bond donors (Lipinski definition) is 1. The van der Waals surface area contributed by atoms with Crippen molar-refractivity contribution in [3.8, 4) is 5.75 Å². The van der Waals surface area contributed by atoms with E-state index in [1.165, 1.54) is 13.2 Å². The van der Waals surface area contributed by atoms with E-state index in [4.69, 9.17) is 16.3 Å². The Hall–Kier alpha value is -2.82. The van der Waals surface area contributed by atoms with Crippen LogP contribution in [0.3, 0.4) is 0 Å². The molecule has 32 heavy (non-hydrogen) atoms. The molecular formula is C21H16BrClN2O6S. The van der Waals surface area contributed by atoms with Crippen LogP contribution in [0.5, 0.6) is 5.75 Å². The van der Waals surface area contributed by atoms with Crippen molar-refractivity contribution < 1.29 is 28.7 Å². The molecular weight excluding hydrogens is 524 g/mol. The molecule has 0 bridgehead atoms. The van der Waals surface area contributed by atoms with Crippen molar-refractivity contribution in [2.24, 2.45) is 0 Å². The number of nitrogens with one attached hydrogen (secondary N) is 1. The molecule has 0 spiro atoms. The van der Waals surface area contributed by atoms with Crippen molar-refractivity contribution in [3.05, 3.63) is 62.4 Å². The molecule has 1 aliphatic heterocycles. The van der Waals surface area contributed by atoms with Gasteiger partial charge in [-0.2, -0.15) is 0 Å². The number of anilines is 1. The van der Waals surface area contributed by atoms with E-state index in [-0.39, 0.29) is 11.5 Å². The van der Waals surface area contributed by atoms with Crippen LogP contribution in [-0.4, -0.2) is 48.2 Å². The average molecular weight is 540 g/mol. The van der Waals surface area contributed by atoms with Crippen molar-refractivity contribution in [1.82, 2.24) is 4.90 Å². The number of halogens is 2. The quantitative estimate of drug-likeness (QED) is 0.413. The fraction of sp³-hybridized carbons (Fsp3) is 0.143. The second kappa shape index (κ2) is 10.7. The van der Waals surface area contributed by atoms with Crippen LogP contribution in [-0.2, 0) is 19.1 Å². The Balaban J connectivity index is 1.74. The van der Waals surface area contributed by atoms with E-state index in [0.29, 0.717) is 38.3 Å². The predicted octanol–water partition coefficient (Wildman–Crippen LogP) is 4.33. The van der Waals surface area contributed by atoms with Crippen LogP contribution >= 0.6 is 39.3 Å². The lowest BCUT2D eigenvalue weighted by Gasteiger charge is -2.12. The number of amides is 3. The zero-order chi connectivity index (χ0) is 23.3. The number of rotatable bonds is 7. The van der Waals surface area contributed by atoms with Gasteiger partial charge in [-0.05, 0) is 48.2 Å². The van der Waals surface area contributed by atoms with Crippen molar-refractivity contribution in [2.45, 2.75) is 0 Å². The molecule has 0 aromatic heterocycles. The maximum absolute atomic E-state index is 12.5. The third kappa shape index (κ3) is 5.90. The highest BCUT2D eigenvalue weighted by molar-refractivity contribution is 9.10. The van der Waals surface area contributed by atoms with Crippen LogP contribution in [0.25, 0.3) is 6.08 Å². The molecule has 11 heteroatoms. The first-order chi connectivity index (χ1) is 15.3. The topological polar surface area (TPSA) is 102 Å². The molecule has 2 aromatic carbocycles. The molecule has 0 radical (unpaired) electrons. The van der Waals surface area contributed by atoms with Gasteiger partial charge in [-0.3, -0.25) is 24.1 Å². The van der Waals surface area contributed by atoms with Gasteiger partial charge in [0.1, 0.15) is 12.3 Å². The van der Waals surface area contributed by atoms with Crippen LogP contribution in [0.4, 0.5) is 10.5 Å². The second-order valence-corrected chi connectivity index (χ2v) is 8.66. The van der Waals surface area contributed by atoms with E-state index in [1.54, 1.807) is 42.5 Å². The highest BCUT2D eigenvalue weighted by Gasteiger charge is 2.36. The SMILES string of the molecule is COC(=O)CN1C(=O)S/C(=C\c2cc(Br)ccc2OCC(=O)Nc2ccccc2Cl)C1=O. The highest BCUT2D eigenvalue weighted by Crippen LogP contribution is 2.35. The summed E-state index contributed by atoms with van der Waals surface area (Å²) in [4.78, 5) is 49.3. The number of para-hydroxylation sites is 1. The van der Waals surface area contributed by atoms with Gasteiger partial charge in [-0.15, -0.1) is 0 Å². The molecule has 3 rings (SSSR count). The van der Waals surface area contributed by atoms with Crippen LogP contribution in [0, 0.1) is 0 Å². The molecule has 8 nitrogen and oxygen atoms in total. The number of carbonyl (C=O) groups is 4. The lowest BCUT2D eigenvalue weighted by Crippen LogP contribution is -2.34. The number of carbonyl (C=O) groups excluding carboxylic acids is 4. The van der Waals surface area contributed by atoms with Gasteiger partial charge in [0.2, 0.25) is 0 Å². The van der Waals surface area contributed by atoms with Gasteiger partial charge in [-0.1, -0.05) is 39.7 Å². The Morgan fingerprint density at radius 2 is 1.97 bits per heavy atom. The largest absolute Gasteiger partial charge is 0.483 e. The third-order valence-corrected chi connectivity index (χ3v) is 5.88. The lowest BCUT2D eigenvalue weighted by atomic mass is 10.2. The highest BCUT2D eigenvalue weighted by atomic mass is 79.9. The monoisotopic (exact) mass is 538 g/mol. The summed E-state index contributed by atoms with van der Waals surface area (Å²) in [5, 5.41) is 2.47. The molecule has 1 N–H and O–H groups in total. The van der Waals surface area contributed by atoms with E-state index in [9.17, 15) is 19.2 Å². The summed E-state index contributed by atoms with van der Waals surface area (Å²) in [6, 6.07) is 11.8. The molecule has 2 aromatic rings. The van der Waals surface area contributed by atoms with E-state index in [0.717, 1.165) is 4.90 Å². The fourth-order valence-electron chi connectivity index (χ4n) is 2.63. The van der Waals surface area contributed by atoms with E-state index >= 15 is 0 Å². The van der Waals surface area contributed by atoms with Gasteiger partial charge in [0, 0.05) is 10.0 Å². The normalized spacial score (nSPS) is 14.6. The number of esters is 1. The van der Waals surface area contributed by atoms with E-state index < -0.39 is 29.6 Å². The number of hydrogen-bond acceptors (Lipinski definition) is 7. The van der Waals surface area contributed by atoms with Crippen molar-refractivity contribution >= 4 is 74.1 Å². The van der Waals surface area contributed by atoms with Gasteiger partial charge < -0.3 is 14.8 Å². The molecule has 3 amide bonds. The molecule has 0 atom stereocenters. The second-order valence-electron chi connectivity index (χ2n) is 6.34. The maximum Gasteiger partial charge on any atom is 0.325 e. The summed E-state index contributed by atoms with van der Waals surface area (Å²) in [6.45, 7) is -0.778. The number of ether oxygens (including phenoxy) is 2. The summed E-state index contributed by atoms with van der Waals surface area (Å²) in [5.74, 6) is -1.43. The molecule has 0 saturated carbocycles. The minimum Gasteiger partial charge on any atom is -0.483 e. The minimum atomic E-state index is -0.704. The average Bonchev–Trinajstić information content (AvgIpc) is 3.02. The predicted molar refractivity (Wildman–Crippen MR) is 124 cm³/mol. The summed E-state index contributed by atoms with van der Waals surface area (Å²) >= 11 is 10.1. The first-order valence-corrected chi connectivity index (χ1v) is 11.1. The molecule has 1 heterocycles. The molecule has 1 saturated heterocycles. The maximum atomic E-state index is 12.5. The molecule has 0 unspecified atom stereocenters. The molecule has 166 valence electrons. The molecule has 1 aliphatic rings. The van der Waals surface area contributed by atoms with Gasteiger partial charge in [0.05, 0.1) is 22.7 Å². The van der Waals surface area contributed by atoms with Crippen LogP contribution < -0.4 is 10.1 Å². The summed E-state index contributed by atoms with van der Waals surface area (Å²) < 4.78 is 10.8. The Bertz CT molecular complexity index is 1120. The third-order valence-electron chi connectivity index (χ3n) is 4.15. The Kier molecular flexibility index (Phi) is 7.94. The molecule has 1 fully saturated rings. The van der Waals surface area contributed by atoms with E-state index in [1.807, 2.05) is 0 Å². The van der Waals surface area contributed by atoms with Crippen molar-refractivity contribution in [1.29, 1.82) is 0 Å².